The van der Waals surface area contributed by atoms with Gasteiger partial charge in [0.05, 0.1) is 5.01 Å². The van der Waals surface area contributed by atoms with Gasteiger partial charge in [-0.2, -0.15) is 0 Å². The second-order valence-corrected chi connectivity index (χ2v) is 4.98. The first-order chi connectivity index (χ1) is 8.08. The van der Waals surface area contributed by atoms with E-state index < -0.39 is 5.79 Å². The highest BCUT2D eigenvalue weighted by Gasteiger charge is 2.35. The van der Waals surface area contributed by atoms with Gasteiger partial charge in [-0.15, -0.1) is 11.3 Å². The molecule has 3 nitrogen and oxygen atoms in total. The molecule has 2 rings (SSSR count). The summed E-state index contributed by atoms with van der Waals surface area (Å²) in [7, 11) is 1.49. The smallest absolute Gasteiger partial charge is 0.238 e. The van der Waals surface area contributed by atoms with Gasteiger partial charge in [0.1, 0.15) is 5.69 Å². The summed E-state index contributed by atoms with van der Waals surface area (Å²) in [4.78, 5) is 4.31. The normalized spacial score (nSPS) is 14.6. The molecular formula is C13H15NO2S. The van der Waals surface area contributed by atoms with Crippen LogP contribution in [-0.2, 0) is 10.5 Å². The summed E-state index contributed by atoms with van der Waals surface area (Å²) >= 11 is 1.50. The van der Waals surface area contributed by atoms with Gasteiger partial charge in [0, 0.05) is 18.1 Å². The molecule has 1 aromatic heterocycles. The molecule has 0 spiro atoms. The van der Waals surface area contributed by atoms with Crippen molar-refractivity contribution in [2.24, 2.45) is 0 Å². The van der Waals surface area contributed by atoms with E-state index in [2.05, 4.69) is 4.98 Å². The Morgan fingerprint density at radius 2 is 2.00 bits per heavy atom. The Balaban J connectivity index is 2.55. The van der Waals surface area contributed by atoms with Crippen LogP contribution in [0.2, 0.25) is 0 Å². The van der Waals surface area contributed by atoms with Crippen molar-refractivity contribution in [2.45, 2.75) is 19.6 Å². The maximum Gasteiger partial charge on any atom is 0.238 e. The van der Waals surface area contributed by atoms with Gasteiger partial charge in [-0.05, 0) is 19.4 Å². The number of methoxy groups -OCH3 is 1. The van der Waals surface area contributed by atoms with Crippen LogP contribution in [0, 0.1) is 13.8 Å². The zero-order valence-corrected chi connectivity index (χ0v) is 10.9. The van der Waals surface area contributed by atoms with Gasteiger partial charge in [-0.25, -0.2) is 4.98 Å². The SMILES string of the molecule is COC(O)(c1csc(C)n1)c1ccccc1C. The maximum absolute atomic E-state index is 10.7. The van der Waals surface area contributed by atoms with Crippen molar-refractivity contribution in [3.8, 4) is 0 Å². The zero-order chi connectivity index (χ0) is 12.5. The lowest BCUT2D eigenvalue weighted by atomic mass is 9.98. The van der Waals surface area contributed by atoms with Gasteiger partial charge in [0.25, 0.3) is 0 Å². The van der Waals surface area contributed by atoms with E-state index in [-0.39, 0.29) is 0 Å². The molecule has 2 aromatic rings. The van der Waals surface area contributed by atoms with Crippen LogP contribution in [0.5, 0.6) is 0 Å². The van der Waals surface area contributed by atoms with Crippen molar-refractivity contribution >= 4 is 11.3 Å². The van der Waals surface area contributed by atoms with Crippen LogP contribution in [-0.4, -0.2) is 17.2 Å². The maximum atomic E-state index is 10.7. The summed E-state index contributed by atoms with van der Waals surface area (Å²) in [5, 5.41) is 13.4. The number of thiazole rings is 1. The predicted molar refractivity (Wildman–Crippen MR) is 68.0 cm³/mol. The van der Waals surface area contributed by atoms with Crippen molar-refractivity contribution in [2.75, 3.05) is 7.11 Å². The highest BCUT2D eigenvalue weighted by Crippen LogP contribution is 2.32. The topological polar surface area (TPSA) is 42.4 Å². The molecule has 0 amide bonds. The Bertz CT molecular complexity index is 524. The lowest BCUT2D eigenvalue weighted by molar-refractivity contribution is -0.162. The third-order valence-corrected chi connectivity index (χ3v) is 3.55. The van der Waals surface area contributed by atoms with Crippen LogP contribution in [0.3, 0.4) is 0 Å². The van der Waals surface area contributed by atoms with E-state index in [0.29, 0.717) is 5.69 Å². The number of nitrogens with zero attached hydrogens (tertiary/aromatic N) is 1. The third kappa shape index (κ3) is 2.11. The highest BCUT2D eigenvalue weighted by molar-refractivity contribution is 7.09. The summed E-state index contributed by atoms with van der Waals surface area (Å²) in [5.74, 6) is -1.46. The minimum atomic E-state index is -1.46. The molecular weight excluding hydrogens is 234 g/mol. The van der Waals surface area contributed by atoms with E-state index in [0.717, 1.165) is 16.1 Å². The van der Waals surface area contributed by atoms with Crippen LogP contribution < -0.4 is 0 Å². The van der Waals surface area contributed by atoms with Crippen LogP contribution in [0.25, 0.3) is 0 Å². The van der Waals surface area contributed by atoms with E-state index in [1.807, 2.05) is 43.5 Å². The summed E-state index contributed by atoms with van der Waals surface area (Å²) in [6.45, 7) is 3.85. The number of ether oxygens (including phenoxy) is 1. The van der Waals surface area contributed by atoms with Crippen molar-refractivity contribution in [3.05, 3.63) is 51.5 Å². The van der Waals surface area contributed by atoms with Gasteiger partial charge < -0.3 is 9.84 Å². The standard InChI is InChI=1S/C13H15NO2S/c1-9-6-4-5-7-11(9)13(15,16-3)12-8-17-10(2)14-12/h4-8,15H,1-3H3. The Morgan fingerprint density at radius 1 is 1.29 bits per heavy atom. The molecule has 17 heavy (non-hydrogen) atoms. The second-order valence-electron chi connectivity index (χ2n) is 3.91. The average molecular weight is 249 g/mol. The third-order valence-electron chi connectivity index (χ3n) is 2.77. The van der Waals surface area contributed by atoms with E-state index >= 15 is 0 Å². The molecule has 0 radical (unpaired) electrons. The second kappa shape index (κ2) is 4.56. The Labute approximate surface area is 105 Å². The van der Waals surface area contributed by atoms with Gasteiger partial charge in [-0.3, -0.25) is 0 Å². The summed E-state index contributed by atoms with van der Waals surface area (Å²) in [6.07, 6.45) is 0. The summed E-state index contributed by atoms with van der Waals surface area (Å²) < 4.78 is 5.30. The first-order valence-electron chi connectivity index (χ1n) is 5.34. The molecule has 90 valence electrons. The first kappa shape index (κ1) is 12.2. The number of aryl methyl sites for hydroxylation is 2. The van der Waals surface area contributed by atoms with Crippen molar-refractivity contribution in [3.63, 3.8) is 0 Å². The Morgan fingerprint density at radius 3 is 2.53 bits per heavy atom. The molecule has 0 aliphatic carbocycles. The molecule has 4 heteroatoms. The molecule has 1 unspecified atom stereocenters. The number of aliphatic hydroxyl groups is 1. The van der Waals surface area contributed by atoms with Crippen LogP contribution >= 0.6 is 11.3 Å². The minimum Gasteiger partial charge on any atom is -0.357 e. The lowest BCUT2D eigenvalue weighted by Crippen LogP contribution is -2.30. The highest BCUT2D eigenvalue weighted by atomic mass is 32.1. The molecule has 1 heterocycles. The monoisotopic (exact) mass is 249 g/mol. The molecule has 0 aliphatic rings. The summed E-state index contributed by atoms with van der Waals surface area (Å²) in [5.41, 5.74) is 2.24. The van der Waals surface area contributed by atoms with Gasteiger partial charge >= 0.3 is 0 Å². The number of hydrogen-bond donors (Lipinski definition) is 1. The fourth-order valence-corrected chi connectivity index (χ4v) is 2.47. The first-order valence-corrected chi connectivity index (χ1v) is 6.22. The largest absolute Gasteiger partial charge is 0.357 e. The Hall–Kier alpha value is -1.23. The van der Waals surface area contributed by atoms with E-state index in [1.165, 1.54) is 18.4 Å². The van der Waals surface area contributed by atoms with Crippen molar-refractivity contribution in [1.29, 1.82) is 0 Å². The molecule has 1 N–H and O–H groups in total. The molecule has 0 bridgehead atoms. The predicted octanol–water partition coefficient (Wildman–Crippen LogP) is 2.60. The van der Waals surface area contributed by atoms with Gasteiger partial charge in [0.15, 0.2) is 0 Å². The van der Waals surface area contributed by atoms with Gasteiger partial charge in [-0.1, -0.05) is 24.3 Å². The average Bonchev–Trinajstić information content (AvgIpc) is 2.76. The molecule has 0 saturated carbocycles. The van der Waals surface area contributed by atoms with E-state index in [1.54, 1.807) is 0 Å². The number of hydrogen-bond acceptors (Lipinski definition) is 4. The fourth-order valence-electron chi connectivity index (χ4n) is 1.82. The van der Waals surface area contributed by atoms with E-state index in [4.69, 9.17) is 4.74 Å². The van der Waals surface area contributed by atoms with Crippen LogP contribution in [0.15, 0.2) is 29.6 Å². The van der Waals surface area contributed by atoms with Crippen LogP contribution in [0.4, 0.5) is 0 Å². The fraction of sp³-hybridized carbons (Fsp3) is 0.308. The van der Waals surface area contributed by atoms with E-state index in [9.17, 15) is 5.11 Å². The quantitative estimate of drug-likeness (QED) is 0.850. The number of aromatic nitrogens is 1. The minimum absolute atomic E-state index is 0.539. The molecule has 0 saturated heterocycles. The van der Waals surface area contributed by atoms with Crippen molar-refractivity contribution < 1.29 is 9.84 Å². The van der Waals surface area contributed by atoms with Gasteiger partial charge in [0.2, 0.25) is 5.79 Å². The molecule has 1 aromatic carbocycles. The Kier molecular flexibility index (Phi) is 3.28. The molecule has 0 aliphatic heterocycles. The zero-order valence-electron chi connectivity index (χ0n) is 10.1. The number of benzene rings is 1. The summed E-state index contributed by atoms with van der Waals surface area (Å²) in [6, 6.07) is 7.61. The lowest BCUT2D eigenvalue weighted by Gasteiger charge is -2.26. The molecule has 1 atom stereocenters. The van der Waals surface area contributed by atoms with Crippen molar-refractivity contribution in [1.82, 2.24) is 4.98 Å². The van der Waals surface area contributed by atoms with Crippen LogP contribution in [0.1, 0.15) is 21.8 Å². The molecule has 0 fully saturated rings. The number of rotatable bonds is 3.